The van der Waals surface area contributed by atoms with E-state index in [4.69, 9.17) is 4.74 Å². The van der Waals surface area contributed by atoms with Crippen molar-refractivity contribution in [1.82, 2.24) is 4.90 Å². The Hall–Kier alpha value is -1.30. The van der Waals surface area contributed by atoms with E-state index < -0.39 is 35.9 Å². The van der Waals surface area contributed by atoms with E-state index in [-0.39, 0.29) is 5.92 Å². The first-order chi connectivity index (χ1) is 8.20. The molecule has 6 nitrogen and oxygen atoms in total. The predicted molar refractivity (Wildman–Crippen MR) is 62.0 cm³/mol. The molecule has 1 aliphatic carbocycles. The normalized spacial score (nSPS) is 34.8. The molecule has 1 saturated heterocycles. The van der Waals surface area contributed by atoms with Gasteiger partial charge in [-0.25, -0.2) is 9.59 Å². The molecule has 1 aliphatic heterocycles. The standard InChI is InChI=1S/C12H19NO5/c1-12(2,3)18-11(17)13-7-4-6(5-8(7)14)9(13)10(15)16/h6-9,14H,4-5H2,1-3H3,(H,15,16)/t6?,7?,8-,9-/m1/s1. The fraction of sp³-hybridized carbons (Fsp3) is 0.833. The molecule has 102 valence electrons. The fourth-order valence-electron chi connectivity index (χ4n) is 2.91. The van der Waals surface area contributed by atoms with Crippen molar-refractivity contribution >= 4 is 12.1 Å². The zero-order valence-corrected chi connectivity index (χ0v) is 10.8. The number of aliphatic hydroxyl groups is 1. The van der Waals surface area contributed by atoms with Crippen molar-refractivity contribution in [3.63, 3.8) is 0 Å². The van der Waals surface area contributed by atoms with Crippen molar-refractivity contribution in [3.05, 3.63) is 0 Å². The average Bonchev–Trinajstić information content (AvgIpc) is 2.69. The number of hydrogen-bond acceptors (Lipinski definition) is 4. The van der Waals surface area contributed by atoms with Gasteiger partial charge < -0.3 is 14.9 Å². The van der Waals surface area contributed by atoms with Gasteiger partial charge in [-0.2, -0.15) is 0 Å². The van der Waals surface area contributed by atoms with Crippen LogP contribution in [0.2, 0.25) is 0 Å². The van der Waals surface area contributed by atoms with E-state index >= 15 is 0 Å². The molecule has 0 spiro atoms. The Morgan fingerprint density at radius 2 is 1.89 bits per heavy atom. The van der Waals surface area contributed by atoms with Crippen molar-refractivity contribution in [2.75, 3.05) is 0 Å². The van der Waals surface area contributed by atoms with Gasteiger partial charge in [-0.1, -0.05) is 0 Å². The lowest BCUT2D eigenvalue weighted by Gasteiger charge is -2.36. The van der Waals surface area contributed by atoms with E-state index in [1.165, 1.54) is 4.90 Å². The number of hydrogen-bond donors (Lipinski definition) is 2. The van der Waals surface area contributed by atoms with Crippen LogP contribution in [0.3, 0.4) is 0 Å². The van der Waals surface area contributed by atoms with Gasteiger partial charge in [0.25, 0.3) is 0 Å². The Kier molecular flexibility index (Phi) is 3.01. The number of carboxylic acid groups (broad SMARTS) is 1. The van der Waals surface area contributed by atoms with Crippen molar-refractivity contribution in [2.24, 2.45) is 5.92 Å². The number of aliphatic hydroxyl groups excluding tert-OH is 1. The largest absolute Gasteiger partial charge is 0.480 e. The summed E-state index contributed by atoms with van der Waals surface area (Å²) in [5.41, 5.74) is -0.674. The number of ether oxygens (including phenoxy) is 1. The van der Waals surface area contributed by atoms with E-state index in [9.17, 15) is 19.8 Å². The van der Waals surface area contributed by atoms with Gasteiger partial charge in [-0.15, -0.1) is 0 Å². The molecular weight excluding hydrogens is 238 g/mol. The number of carboxylic acids is 1. The van der Waals surface area contributed by atoms with E-state index in [0.29, 0.717) is 12.8 Å². The highest BCUT2D eigenvalue weighted by Crippen LogP contribution is 2.43. The smallest absolute Gasteiger partial charge is 0.411 e. The van der Waals surface area contributed by atoms with Crippen LogP contribution in [0.5, 0.6) is 0 Å². The fourth-order valence-corrected chi connectivity index (χ4v) is 2.91. The second kappa shape index (κ2) is 4.12. The number of fused-ring (bicyclic) bond motifs is 2. The monoisotopic (exact) mass is 257 g/mol. The number of nitrogens with zero attached hydrogens (tertiary/aromatic N) is 1. The molecule has 2 N–H and O–H groups in total. The summed E-state index contributed by atoms with van der Waals surface area (Å²) in [7, 11) is 0. The molecule has 6 heteroatoms. The van der Waals surface area contributed by atoms with Gasteiger partial charge in [0.05, 0.1) is 12.1 Å². The Labute approximate surface area is 106 Å². The third-order valence-corrected chi connectivity index (χ3v) is 3.49. The molecule has 2 rings (SSSR count). The predicted octanol–water partition coefficient (Wildman–Crippen LogP) is 0.830. The summed E-state index contributed by atoms with van der Waals surface area (Å²) in [5, 5.41) is 19.0. The molecule has 4 atom stereocenters. The van der Waals surface area contributed by atoms with Crippen LogP contribution in [0.4, 0.5) is 4.79 Å². The van der Waals surface area contributed by atoms with Crippen LogP contribution in [0, 0.1) is 5.92 Å². The number of aliphatic carboxylic acids is 1. The first-order valence-corrected chi connectivity index (χ1v) is 6.13. The van der Waals surface area contributed by atoms with Crippen molar-refractivity contribution in [1.29, 1.82) is 0 Å². The second-order valence-electron chi connectivity index (χ2n) is 6.04. The summed E-state index contributed by atoms with van der Waals surface area (Å²) in [6, 6.07) is -1.29. The van der Waals surface area contributed by atoms with Crippen LogP contribution in [0.1, 0.15) is 33.6 Å². The Morgan fingerprint density at radius 3 is 2.39 bits per heavy atom. The maximum Gasteiger partial charge on any atom is 0.411 e. The summed E-state index contributed by atoms with van der Waals surface area (Å²) in [5.74, 6) is -1.20. The molecule has 18 heavy (non-hydrogen) atoms. The summed E-state index contributed by atoms with van der Waals surface area (Å²) >= 11 is 0. The lowest BCUT2D eigenvalue weighted by molar-refractivity contribution is -0.146. The molecular formula is C12H19NO5. The first kappa shape index (κ1) is 13.1. The number of amides is 1. The average molecular weight is 257 g/mol. The molecule has 0 aromatic heterocycles. The minimum atomic E-state index is -1.03. The molecule has 0 aromatic rings. The van der Waals surface area contributed by atoms with Crippen molar-refractivity contribution < 1.29 is 24.5 Å². The zero-order chi connectivity index (χ0) is 13.7. The second-order valence-corrected chi connectivity index (χ2v) is 6.04. The quantitative estimate of drug-likeness (QED) is 0.726. The first-order valence-electron chi connectivity index (χ1n) is 6.13. The van der Waals surface area contributed by atoms with E-state index in [1.54, 1.807) is 20.8 Å². The molecule has 1 heterocycles. The number of rotatable bonds is 1. The van der Waals surface area contributed by atoms with Gasteiger partial charge in [0.1, 0.15) is 11.6 Å². The summed E-state index contributed by atoms with van der Waals surface area (Å²) in [4.78, 5) is 24.5. The lowest BCUT2D eigenvalue weighted by Crippen LogP contribution is -2.54. The number of carbonyl (C=O) groups is 2. The third kappa shape index (κ3) is 2.16. The summed E-state index contributed by atoms with van der Waals surface area (Å²) in [6.07, 6.45) is -0.308. The molecule has 1 saturated carbocycles. The van der Waals surface area contributed by atoms with Crippen LogP contribution < -0.4 is 0 Å². The van der Waals surface area contributed by atoms with E-state index in [2.05, 4.69) is 0 Å². The van der Waals surface area contributed by atoms with Crippen molar-refractivity contribution in [3.8, 4) is 0 Å². The third-order valence-electron chi connectivity index (χ3n) is 3.49. The number of likely N-dealkylation sites (tertiary alicyclic amines) is 1. The number of piperidine rings is 1. The molecule has 0 aromatic carbocycles. The van der Waals surface area contributed by atoms with Crippen LogP contribution in [0.25, 0.3) is 0 Å². The molecule has 0 radical (unpaired) electrons. The lowest BCUT2D eigenvalue weighted by atomic mass is 9.98. The molecule has 2 fully saturated rings. The maximum atomic E-state index is 12.0. The van der Waals surface area contributed by atoms with Gasteiger partial charge in [0, 0.05) is 0 Å². The molecule has 2 bridgehead atoms. The Bertz CT molecular complexity index is 375. The van der Waals surface area contributed by atoms with Crippen LogP contribution >= 0.6 is 0 Å². The van der Waals surface area contributed by atoms with Gasteiger partial charge in [0.2, 0.25) is 0 Å². The minimum Gasteiger partial charge on any atom is -0.480 e. The highest BCUT2D eigenvalue weighted by Gasteiger charge is 2.56. The van der Waals surface area contributed by atoms with Gasteiger partial charge >= 0.3 is 12.1 Å². The van der Waals surface area contributed by atoms with Gasteiger partial charge in [-0.3, -0.25) is 4.90 Å². The minimum absolute atomic E-state index is 0.171. The molecule has 1 amide bonds. The summed E-state index contributed by atoms with van der Waals surface area (Å²) in [6.45, 7) is 5.18. The topological polar surface area (TPSA) is 87.1 Å². The van der Waals surface area contributed by atoms with Crippen molar-refractivity contribution in [2.45, 2.75) is 57.4 Å². The van der Waals surface area contributed by atoms with Crippen LogP contribution in [-0.4, -0.2) is 51.0 Å². The van der Waals surface area contributed by atoms with Gasteiger partial charge in [0.15, 0.2) is 0 Å². The Balaban J connectivity index is 2.19. The van der Waals surface area contributed by atoms with E-state index in [0.717, 1.165) is 0 Å². The SMILES string of the molecule is CC(C)(C)OC(=O)N1C2CC(C[C@H]2O)[C@@H]1C(=O)O. The highest BCUT2D eigenvalue weighted by molar-refractivity contribution is 5.82. The maximum absolute atomic E-state index is 12.0. The molecule has 2 aliphatic rings. The van der Waals surface area contributed by atoms with E-state index in [1.807, 2.05) is 0 Å². The highest BCUT2D eigenvalue weighted by atomic mass is 16.6. The van der Waals surface area contributed by atoms with Crippen LogP contribution in [-0.2, 0) is 9.53 Å². The Morgan fingerprint density at radius 1 is 1.28 bits per heavy atom. The van der Waals surface area contributed by atoms with Crippen LogP contribution in [0.15, 0.2) is 0 Å². The molecule has 2 unspecified atom stereocenters. The summed E-state index contributed by atoms with van der Waals surface area (Å²) < 4.78 is 5.22. The zero-order valence-electron chi connectivity index (χ0n) is 10.8. The number of carbonyl (C=O) groups excluding carboxylic acids is 1. The van der Waals surface area contributed by atoms with Gasteiger partial charge in [-0.05, 0) is 39.5 Å².